The van der Waals surface area contributed by atoms with E-state index in [2.05, 4.69) is 5.32 Å². The summed E-state index contributed by atoms with van der Waals surface area (Å²) in [4.78, 5) is 22.8. The molecule has 1 amide bonds. The maximum absolute atomic E-state index is 11.8. The van der Waals surface area contributed by atoms with Crippen molar-refractivity contribution in [3.8, 4) is 0 Å². The molecule has 0 aromatic heterocycles. The molecule has 0 saturated carbocycles. The third kappa shape index (κ3) is 4.75. The van der Waals surface area contributed by atoms with Crippen molar-refractivity contribution in [3.05, 3.63) is 0 Å². The molecular formula is C12H22N2O5S. The number of sulfonamides is 1. The van der Waals surface area contributed by atoms with E-state index in [-0.39, 0.29) is 18.4 Å². The van der Waals surface area contributed by atoms with Gasteiger partial charge in [-0.3, -0.25) is 9.59 Å². The smallest absolute Gasteiger partial charge is 0.309 e. The van der Waals surface area contributed by atoms with E-state index in [1.54, 1.807) is 0 Å². The predicted octanol–water partition coefficient (Wildman–Crippen LogP) is 0.0275. The van der Waals surface area contributed by atoms with Gasteiger partial charge in [-0.2, -0.15) is 0 Å². The molecule has 1 saturated heterocycles. The van der Waals surface area contributed by atoms with Crippen LogP contribution in [-0.2, 0) is 19.6 Å². The van der Waals surface area contributed by atoms with Gasteiger partial charge in [0.05, 0.1) is 11.7 Å². The van der Waals surface area contributed by atoms with Crippen molar-refractivity contribution >= 4 is 21.9 Å². The van der Waals surface area contributed by atoms with Crippen molar-refractivity contribution in [1.82, 2.24) is 9.62 Å². The van der Waals surface area contributed by atoms with Gasteiger partial charge in [0, 0.05) is 25.6 Å². The van der Waals surface area contributed by atoms with Crippen molar-refractivity contribution in [2.45, 2.75) is 39.2 Å². The molecule has 0 spiro atoms. The lowest BCUT2D eigenvalue weighted by atomic mass is 9.89. The fourth-order valence-corrected chi connectivity index (χ4v) is 2.96. The summed E-state index contributed by atoms with van der Waals surface area (Å²) in [5, 5.41) is 11.7. The molecule has 116 valence electrons. The summed E-state index contributed by atoms with van der Waals surface area (Å²) in [7, 11) is -3.17. The van der Waals surface area contributed by atoms with E-state index in [9.17, 15) is 18.0 Å². The Labute approximate surface area is 119 Å². The summed E-state index contributed by atoms with van der Waals surface area (Å²) in [5.74, 6) is -1.32. The van der Waals surface area contributed by atoms with E-state index in [0.29, 0.717) is 25.9 Å². The predicted molar refractivity (Wildman–Crippen MR) is 73.6 cm³/mol. The molecular weight excluding hydrogens is 284 g/mol. The molecule has 1 aliphatic heterocycles. The van der Waals surface area contributed by atoms with Crippen LogP contribution in [0.4, 0.5) is 0 Å². The molecule has 0 aromatic rings. The van der Waals surface area contributed by atoms with Gasteiger partial charge < -0.3 is 10.4 Å². The number of rotatable bonds is 5. The van der Waals surface area contributed by atoms with Crippen LogP contribution in [0.3, 0.4) is 0 Å². The minimum absolute atomic E-state index is 0.0887. The lowest BCUT2D eigenvalue weighted by Gasteiger charge is -2.31. The van der Waals surface area contributed by atoms with Crippen LogP contribution in [-0.4, -0.2) is 55.1 Å². The zero-order valence-electron chi connectivity index (χ0n) is 12.0. The molecule has 1 fully saturated rings. The monoisotopic (exact) mass is 306 g/mol. The highest BCUT2D eigenvalue weighted by Gasteiger charge is 2.32. The van der Waals surface area contributed by atoms with Gasteiger partial charge in [-0.15, -0.1) is 0 Å². The summed E-state index contributed by atoms with van der Waals surface area (Å²) in [6, 6.07) is -0.0925. The second-order valence-corrected chi connectivity index (χ2v) is 7.85. The van der Waals surface area contributed by atoms with E-state index < -0.39 is 21.4 Å². The van der Waals surface area contributed by atoms with Gasteiger partial charge in [-0.25, -0.2) is 12.7 Å². The molecule has 0 aliphatic carbocycles. The minimum Gasteiger partial charge on any atom is -0.481 e. The first kappa shape index (κ1) is 16.9. The first-order chi connectivity index (χ1) is 9.02. The number of nitrogens with one attached hydrogen (secondary N) is 1. The Bertz CT molecular complexity index is 478. The van der Waals surface area contributed by atoms with Crippen molar-refractivity contribution in [1.29, 1.82) is 0 Å². The number of hydrogen-bond donors (Lipinski definition) is 2. The van der Waals surface area contributed by atoms with Crippen molar-refractivity contribution in [2.75, 3.05) is 19.3 Å². The van der Waals surface area contributed by atoms with E-state index in [0.717, 1.165) is 0 Å². The Morgan fingerprint density at radius 2 is 1.80 bits per heavy atom. The molecule has 8 heteroatoms. The summed E-state index contributed by atoms with van der Waals surface area (Å²) >= 11 is 0. The topological polar surface area (TPSA) is 104 Å². The molecule has 0 radical (unpaired) electrons. The second-order valence-electron chi connectivity index (χ2n) is 5.87. The molecule has 0 unspecified atom stereocenters. The second kappa shape index (κ2) is 6.09. The Morgan fingerprint density at radius 1 is 1.30 bits per heavy atom. The first-order valence-electron chi connectivity index (χ1n) is 6.50. The number of carboxylic acids is 1. The first-order valence-corrected chi connectivity index (χ1v) is 8.35. The fourth-order valence-electron chi connectivity index (χ4n) is 2.09. The number of amides is 1. The number of hydrogen-bond acceptors (Lipinski definition) is 4. The van der Waals surface area contributed by atoms with Gasteiger partial charge in [-0.05, 0) is 26.7 Å². The van der Waals surface area contributed by atoms with E-state index in [4.69, 9.17) is 5.11 Å². The molecule has 0 bridgehead atoms. The average Bonchev–Trinajstić information content (AvgIpc) is 2.27. The van der Waals surface area contributed by atoms with Gasteiger partial charge in [0.2, 0.25) is 15.9 Å². The number of nitrogens with zero attached hydrogens (tertiary/aromatic N) is 1. The zero-order valence-corrected chi connectivity index (χ0v) is 12.9. The van der Waals surface area contributed by atoms with Gasteiger partial charge in [0.25, 0.3) is 0 Å². The number of aliphatic carboxylic acids is 1. The molecule has 1 heterocycles. The molecule has 0 aromatic carbocycles. The maximum Gasteiger partial charge on any atom is 0.309 e. The lowest BCUT2D eigenvalue weighted by Crippen LogP contribution is -2.47. The van der Waals surface area contributed by atoms with Crippen molar-refractivity contribution in [3.63, 3.8) is 0 Å². The number of carbonyl (C=O) groups is 2. The van der Waals surface area contributed by atoms with Crippen LogP contribution in [0.25, 0.3) is 0 Å². The molecule has 1 aliphatic rings. The number of carboxylic acid groups (broad SMARTS) is 1. The quantitative estimate of drug-likeness (QED) is 0.745. The van der Waals surface area contributed by atoms with Crippen LogP contribution in [0.5, 0.6) is 0 Å². The van der Waals surface area contributed by atoms with Crippen LogP contribution < -0.4 is 5.32 Å². The third-order valence-electron chi connectivity index (χ3n) is 3.47. The zero-order chi connectivity index (χ0) is 15.6. The Hall–Kier alpha value is -1.15. The van der Waals surface area contributed by atoms with Crippen LogP contribution in [0.2, 0.25) is 0 Å². The highest BCUT2D eigenvalue weighted by atomic mass is 32.2. The summed E-state index contributed by atoms with van der Waals surface area (Å²) in [5.41, 5.74) is -1.10. The molecule has 20 heavy (non-hydrogen) atoms. The Morgan fingerprint density at radius 3 is 2.20 bits per heavy atom. The normalized spacial score (nSPS) is 18.8. The van der Waals surface area contributed by atoms with Crippen molar-refractivity contribution in [2.24, 2.45) is 5.41 Å². The van der Waals surface area contributed by atoms with Crippen molar-refractivity contribution < 1.29 is 23.1 Å². The van der Waals surface area contributed by atoms with E-state index in [1.165, 1.54) is 24.4 Å². The molecule has 2 N–H and O–H groups in total. The Balaban J connectivity index is 2.45. The summed E-state index contributed by atoms with van der Waals surface area (Å²) in [6.45, 7) is 3.76. The largest absolute Gasteiger partial charge is 0.481 e. The number of piperidine rings is 1. The summed E-state index contributed by atoms with van der Waals surface area (Å²) < 4.78 is 24.1. The van der Waals surface area contributed by atoms with Gasteiger partial charge >= 0.3 is 5.97 Å². The molecule has 7 nitrogen and oxygen atoms in total. The fraction of sp³-hybridized carbons (Fsp3) is 0.833. The average molecular weight is 306 g/mol. The van der Waals surface area contributed by atoms with Gasteiger partial charge in [0.15, 0.2) is 0 Å². The van der Waals surface area contributed by atoms with Crippen LogP contribution in [0.15, 0.2) is 0 Å². The number of carbonyl (C=O) groups excluding carboxylic acids is 1. The maximum atomic E-state index is 11.8. The SMILES string of the molecule is CC(C)(CC(=O)NC1CCN(S(C)(=O)=O)CC1)C(=O)O. The highest BCUT2D eigenvalue weighted by molar-refractivity contribution is 7.88. The van der Waals surface area contributed by atoms with E-state index >= 15 is 0 Å². The standard InChI is InChI=1S/C12H22N2O5S/c1-12(2,11(16)17)8-10(15)13-9-4-6-14(7-5-9)20(3,18)19/h9H,4-8H2,1-3H3,(H,13,15)(H,16,17). The lowest BCUT2D eigenvalue weighted by molar-refractivity contribution is -0.149. The third-order valence-corrected chi connectivity index (χ3v) is 4.77. The van der Waals surface area contributed by atoms with Crippen LogP contribution in [0, 0.1) is 5.41 Å². The van der Waals surface area contributed by atoms with Crippen LogP contribution in [0.1, 0.15) is 33.1 Å². The summed E-state index contributed by atoms with van der Waals surface area (Å²) in [6.07, 6.45) is 2.18. The molecule has 0 atom stereocenters. The minimum atomic E-state index is -3.17. The van der Waals surface area contributed by atoms with Gasteiger partial charge in [0.1, 0.15) is 0 Å². The Kier molecular flexibility index (Phi) is 5.15. The van der Waals surface area contributed by atoms with E-state index in [1.807, 2.05) is 0 Å². The highest BCUT2D eigenvalue weighted by Crippen LogP contribution is 2.21. The molecule has 1 rings (SSSR count). The van der Waals surface area contributed by atoms with Crippen LogP contribution >= 0.6 is 0 Å². The van der Waals surface area contributed by atoms with Gasteiger partial charge in [-0.1, -0.05) is 0 Å².